The molecule has 1 aromatic rings. The van der Waals surface area contributed by atoms with Crippen LogP contribution in [0.3, 0.4) is 0 Å². The summed E-state index contributed by atoms with van der Waals surface area (Å²) in [6, 6.07) is 2.69. The Kier molecular flexibility index (Phi) is 2.72. The summed E-state index contributed by atoms with van der Waals surface area (Å²) in [5.41, 5.74) is -0.0261. The zero-order valence-corrected chi connectivity index (χ0v) is 8.43. The third kappa shape index (κ3) is 2.10. The molecule has 1 fully saturated rings. The SMILES string of the molecule is O=C1CC(NC(=O)c2ncccc2O)CN1. The lowest BCUT2D eigenvalue weighted by Crippen LogP contribution is -2.36. The lowest BCUT2D eigenvalue weighted by molar-refractivity contribution is -0.119. The topological polar surface area (TPSA) is 91.3 Å². The van der Waals surface area contributed by atoms with Crippen LogP contribution in [0.15, 0.2) is 18.3 Å². The van der Waals surface area contributed by atoms with Gasteiger partial charge in [0.2, 0.25) is 5.91 Å². The Bertz CT molecular complexity index is 433. The van der Waals surface area contributed by atoms with Crippen LogP contribution in [0.4, 0.5) is 0 Å². The molecule has 0 aromatic carbocycles. The molecule has 2 heterocycles. The van der Waals surface area contributed by atoms with Gasteiger partial charge in [-0.3, -0.25) is 9.59 Å². The number of hydrogen-bond donors (Lipinski definition) is 3. The molecule has 1 aliphatic heterocycles. The number of carbonyl (C=O) groups excluding carboxylic acids is 2. The first kappa shape index (κ1) is 10.4. The predicted octanol–water partition coefficient (Wildman–Crippen LogP) is -0.595. The number of carbonyl (C=O) groups is 2. The van der Waals surface area contributed by atoms with Gasteiger partial charge in [-0.05, 0) is 12.1 Å². The first-order valence-electron chi connectivity index (χ1n) is 4.88. The molecule has 84 valence electrons. The van der Waals surface area contributed by atoms with E-state index in [0.29, 0.717) is 6.54 Å². The molecule has 16 heavy (non-hydrogen) atoms. The molecule has 0 bridgehead atoms. The van der Waals surface area contributed by atoms with E-state index in [4.69, 9.17) is 0 Å². The van der Waals surface area contributed by atoms with E-state index in [0.717, 1.165) is 0 Å². The van der Waals surface area contributed by atoms with Crippen molar-refractivity contribution in [2.75, 3.05) is 6.54 Å². The molecular formula is C10H11N3O3. The van der Waals surface area contributed by atoms with Gasteiger partial charge >= 0.3 is 0 Å². The van der Waals surface area contributed by atoms with Crippen molar-refractivity contribution in [1.29, 1.82) is 0 Å². The summed E-state index contributed by atoms with van der Waals surface area (Å²) in [6.07, 6.45) is 1.69. The van der Waals surface area contributed by atoms with Gasteiger partial charge in [-0.25, -0.2) is 4.98 Å². The van der Waals surface area contributed by atoms with Crippen molar-refractivity contribution in [1.82, 2.24) is 15.6 Å². The molecule has 2 amide bonds. The van der Waals surface area contributed by atoms with Gasteiger partial charge < -0.3 is 15.7 Å². The lowest BCUT2D eigenvalue weighted by Gasteiger charge is -2.10. The van der Waals surface area contributed by atoms with Crippen LogP contribution in [0, 0.1) is 0 Å². The van der Waals surface area contributed by atoms with E-state index in [1.54, 1.807) is 0 Å². The van der Waals surface area contributed by atoms with Crippen LogP contribution in [-0.2, 0) is 4.79 Å². The number of pyridine rings is 1. The summed E-state index contributed by atoms with van der Waals surface area (Å²) in [4.78, 5) is 26.3. The van der Waals surface area contributed by atoms with Crippen molar-refractivity contribution < 1.29 is 14.7 Å². The van der Waals surface area contributed by atoms with Gasteiger partial charge in [-0.15, -0.1) is 0 Å². The highest BCUT2D eigenvalue weighted by Gasteiger charge is 2.24. The maximum absolute atomic E-state index is 11.7. The van der Waals surface area contributed by atoms with E-state index < -0.39 is 5.91 Å². The minimum Gasteiger partial charge on any atom is -0.505 e. The Labute approximate surface area is 91.7 Å². The molecule has 3 N–H and O–H groups in total. The Hall–Kier alpha value is -2.11. The van der Waals surface area contributed by atoms with Gasteiger partial charge in [-0.2, -0.15) is 0 Å². The zero-order valence-electron chi connectivity index (χ0n) is 8.43. The van der Waals surface area contributed by atoms with Crippen molar-refractivity contribution in [2.45, 2.75) is 12.5 Å². The van der Waals surface area contributed by atoms with Crippen LogP contribution in [0.5, 0.6) is 5.75 Å². The van der Waals surface area contributed by atoms with Gasteiger partial charge in [-0.1, -0.05) is 0 Å². The minimum atomic E-state index is -0.473. The third-order valence-electron chi connectivity index (χ3n) is 2.31. The molecule has 6 nitrogen and oxygen atoms in total. The van der Waals surface area contributed by atoms with Crippen molar-refractivity contribution in [2.24, 2.45) is 0 Å². The second-order valence-corrected chi connectivity index (χ2v) is 3.55. The quantitative estimate of drug-likeness (QED) is 0.622. The molecule has 1 aromatic heterocycles. The number of nitrogens with one attached hydrogen (secondary N) is 2. The van der Waals surface area contributed by atoms with E-state index in [1.165, 1.54) is 18.3 Å². The van der Waals surface area contributed by atoms with E-state index in [-0.39, 0.29) is 29.8 Å². The summed E-state index contributed by atoms with van der Waals surface area (Å²) in [6.45, 7) is 0.415. The van der Waals surface area contributed by atoms with Crippen LogP contribution in [0.2, 0.25) is 0 Å². The highest BCUT2D eigenvalue weighted by atomic mass is 16.3. The number of aromatic nitrogens is 1. The van der Waals surface area contributed by atoms with Gasteiger partial charge in [0, 0.05) is 19.2 Å². The van der Waals surface area contributed by atoms with Crippen LogP contribution in [0.1, 0.15) is 16.9 Å². The fourth-order valence-corrected chi connectivity index (χ4v) is 1.53. The Balaban J connectivity index is 2.03. The number of nitrogens with zero attached hydrogens (tertiary/aromatic N) is 1. The number of hydrogen-bond acceptors (Lipinski definition) is 4. The largest absolute Gasteiger partial charge is 0.505 e. The van der Waals surface area contributed by atoms with E-state index >= 15 is 0 Å². The van der Waals surface area contributed by atoms with Gasteiger partial charge in [0.1, 0.15) is 5.75 Å². The Morgan fingerprint density at radius 2 is 2.44 bits per heavy atom. The van der Waals surface area contributed by atoms with Crippen LogP contribution in [0.25, 0.3) is 0 Å². The second kappa shape index (κ2) is 4.18. The molecule has 1 aliphatic rings. The number of rotatable bonds is 2. The fraction of sp³-hybridized carbons (Fsp3) is 0.300. The van der Waals surface area contributed by atoms with E-state index in [1.807, 2.05) is 0 Å². The monoisotopic (exact) mass is 221 g/mol. The summed E-state index contributed by atoms with van der Waals surface area (Å²) < 4.78 is 0. The third-order valence-corrected chi connectivity index (χ3v) is 2.31. The molecule has 0 spiro atoms. The van der Waals surface area contributed by atoms with Crippen LogP contribution in [-0.4, -0.2) is 34.5 Å². The van der Waals surface area contributed by atoms with Gasteiger partial charge in [0.05, 0.1) is 6.04 Å². The molecule has 1 saturated heterocycles. The highest BCUT2D eigenvalue weighted by Crippen LogP contribution is 2.12. The summed E-state index contributed by atoms with van der Waals surface area (Å²) in [5, 5.41) is 14.6. The van der Waals surface area contributed by atoms with Crippen molar-refractivity contribution in [3.63, 3.8) is 0 Å². The average Bonchev–Trinajstić information content (AvgIpc) is 2.64. The maximum Gasteiger partial charge on any atom is 0.274 e. The average molecular weight is 221 g/mol. The highest BCUT2D eigenvalue weighted by molar-refractivity contribution is 5.95. The molecule has 6 heteroatoms. The van der Waals surface area contributed by atoms with Crippen molar-refractivity contribution in [3.05, 3.63) is 24.0 Å². The molecule has 1 atom stereocenters. The summed E-state index contributed by atoms with van der Waals surface area (Å²) >= 11 is 0. The molecule has 2 rings (SSSR count). The van der Waals surface area contributed by atoms with E-state index in [2.05, 4.69) is 15.6 Å². The molecular weight excluding hydrogens is 210 g/mol. The normalized spacial score (nSPS) is 19.2. The predicted molar refractivity (Wildman–Crippen MR) is 54.8 cm³/mol. The number of amides is 2. The number of aromatic hydroxyl groups is 1. The molecule has 0 radical (unpaired) electrons. The van der Waals surface area contributed by atoms with E-state index in [9.17, 15) is 14.7 Å². The lowest BCUT2D eigenvalue weighted by atomic mass is 10.2. The fourth-order valence-electron chi connectivity index (χ4n) is 1.53. The smallest absolute Gasteiger partial charge is 0.274 e. The Morgan fingerprint density at radius 3 is 3.06 bits per heavy atom. The minimum absolute atomic E-state index is 0.0261. The maximum atomic E-state index is 11.7. The Morgan fingerprint density at radius 1 is 1.62 bits per heavy atom. The van der Waals surface area contributed by atoms with Crippen LogP contribution >= 0.6 is 0 Å². The van der Waals surface area contributed by atoms with Gasteiger partial charge in [0.15, 0.2) is 5.69 Å². The van der Waals surface area contributed by atoms with Crippen molar-refractivity contribution >= 4 is 11.8 Å². The first-order chi connectivity index (χ1) is 7.66. The molecule has 0 aliphatic carbocycles. The van der Waals surface area contributed by atoms with Crippen molar-refractivity contribution in [3.8, 4) is 5.75 Å². The second-order valence-electron chi connectivity index (χ2n) is 3.55. The van der Waals surface area contributed by atoms with Crippen LogP contribution < -0.4 is 10.6 Å². The zero-order chi connectivity index (χ0) is 11.5. The van der Waals surface area contributed by atoms with Gasteiger partial charge in [0.25, 0.3) is 5.91 Å². The molecule has 0 saturated carbocycles. The standard InChI is InChI=1S/C10H11N3O3/c14-7-2-1-3-11-9(7)10(16)13-6-4-8(15)12-5-6/h1-3,6,14H,4-5H2,(H,12,15)(H,13,16). The molecule has 1 unspecified atom stereocenters. The summed E-state index contributed by atoms with van der Waals surface area (Å²) in [7, 11) is 0. The first-order valence-corrected chi connectivity index (χ1v) is 4.88. The summed E-state index contributed by atoms with van der Waals surface area (Å²) in [5.74, 6) is -0.729.